The van der Waals surface area contributed by atoms with Crippen molar-refractivity contribution >= 4 is 5.65 Å². The zero-order chi connectivity index (χ0) is 17.0. The molecule has 124 valence electrons. The highest BCUT2D eigenvalue weighted by Gasteiger charge is 2.42. The van der Waals surface area contributed by atoms with Crippen molar-refractivity contribution in [3.05, 3.63) is 50.8 Å². The molecule has 2 atom stereocenters. The summed E-state index contributed by atoms with van der Waals surface area (Å²) in [6.45, 7) is 4.31. The number of aromatic amines is 2. The molecule has 0 radical (unpaired) electrons. The minimum absolute atomic E-state index is 0.188. The topological polar surface area (TPSA) is 95.9 Å². The zero-order valence-electron chi connectivity index (χ0n) is 13.2. The van der Waals surface area contributed by atoms with E-state index in [2.05, 4.69) is 33.9 Å². The normalized spacial score (nSPS) is 20.0. The van der Waals surface area contributed by atoms with Crippen molar-refractivity contribution in [3.8, 4) is 11.3 Å². The Labute approximate surface area is 135 Å². The molecule has 0 spiro atoms. The summed E-state index contributed by atoms with van der Waals surface area (Å²) in [5.41, 5.74) is 0.696. The first-order chi connectivity index (χ1) is 11.5. The van der Waals surface area contributed by atoms with Gasteiger partial charge in [0.25, 0.3) is 5.56 Å². The first-order valence-corrected chi connectivity index (χ1v) is 7.82. The Morgan fingerprint density at radius 2 is 2.17 bits per heavy atom. The summed E-state index contributed by atoms with van der Waals surface area (Å²) in [6.07, 6.45) is 3.42. The summed E-state index contributed by atoms with van der Waals surface area (Å²) >= 11 is 0. The first-order valence-electron chi connectivity index (χ1n) is 7.82. The monoisotopic (exact) mass is 329 g/mol. The Morgan fingerprint density at radius 1 is 1.38 bits per heavy atom. The number of imidazole rings is 1. The molecule has 1 saturated carbocycles. The van der Waals surface area contributed by atoms with Crippen molar-refractivity contribution in [1.29, 1.82) is 0 Å². The fourth-order valence-electron chi connectivity index (χ4n) is 3.28. The number of H-pyrrole nitrogens is 2. The number of hydrogen-bond donors (Lipinski definition) is 2. The van der Waals surface area contributed by atoms with Gasteiger partial charge in [0.2, 0.25) is 5.95 Å². The summed E-state index contributed by atoms with van der Waals surface area (Å²) in [6, 6.07) is 1.78. The van der Waals surface area contributed by atoms with Gasteiger partial charge in [-0.25, -0.2) is 9.78 Å². The van der Waals surface area contributed by atoms with E-state index in [-0.39, 0.29) is 11.5 Å². The van der Waals surface area contributed by atoms with E-state index in [0.717, 1.165) is 22.7 Å². The lowest BCUT2D eigenvalue weighted by atomic mass is 10.0. The molecule has 0 unspecified atom stereocenters. The fourth-order valence-corrected chi connectivity index (χ4v) is 3.28. The molecule has 8 heteroatoms. The summed E-state index contributed by atoms with van der Waals surface area (Å²) in [5, 5.41) is 4.17. The van der Waals surface area contributed by atoms with Gasteiger partial charge < -0.3 is 4.98 Å². The number of nitrogens with one attached hydrogen (secondary N) is 2. The minimum atomic E-state index is -0.596. The highest BCUT2D eigenvalue weighted by Crippen LogP contribution is 2.52. The maximum atomic E-state index is 14.0. The van der Waals surface area contributed by atoms with Gasteiger partial charge in [0, 0.05) is 11.8 Å². The number of nitrogens with zero attached hydrogens (tertiary/aromatic N) is 3. The second-order valence-electron chi connectivity index (χ2n) is 6.54. The molecule has 3 aromatic rings. The highest BCUT2D eigenvalue weighted by molar-refractivity contribution is 5.63. The molecule has 3 aromatic heterocycles. The van der Waals surface area contributed by atoms with Crippen LogP contribution in [0.3, 0.4) is 0 Å². The zero-order valence-corrected chi connectivity index (χ0v) is 13.2. The van der Waals surface area contributed by atoms with Gasteiger partial charge >= 0.3 is 5.69 Å². The SMILES string of the molecule is CC(C)[C@H]1C[C@@H]1c1cc(-c2c[nH]c(=O)[nH]c2=O)nn2c(F)cnc12. The van der Waals surface area contributed by atoms with Crippen molar-refractivity contribution in [3.63, 3.8) is 0 Å². The standard InChI is InChI=1S/C16H16FN5O2/c1-7(2)8-3-9(8)10-4-12(11-5-19-16(24)20-15(11)23)21-22-13(17)6-18-14(10)22/h4-9H,3H2,1-2H3,(H2,19,20,23,24)/t8-,9+/m1/s1. The van der Waals surface area contributed by atoms with E-state index in [1.165, 1.54) is 6.20 Å². The van der Waals surface area contributed by atoms with Crippen LogP contribution in [0.4, 0.5) is 4.39 Å². The molecule has 24 heavy (non-hydrogen) atoms. The summed E-state index contributed by atoms with van der Waals surface area (Å²) in [5.74, 6) is 0.717. The average Bonchev–Trinajstić information content (AvgIpc) is 3.25. The van der Waals surface area contributed by atoms with Gasteiger partial charge in [-0.3, -0.25) is 9.78 Å². The lowest BCUT2D eigenvalue weighted by Gasteiger charge is -2.08. The molecule has 0 aliphatic heterocycles. The van der Waals surface area contributed by atoms with Crippen LogP contribution in [0.25, 0.3) is 16.9 Å². The maximum Gasteiger partial charge on any atom is 0.325 e. The lowest BCUT2D eigenvalue weighted by Crippen LogP contribution is -2.23. The molecular weight excluding hydrogens is 313 g/mol. The van der Waals surface area contributed by atoms with Crippen molar-refractivity contribution < 1.29 is 4.39 Å². The molecule has 7 nitrogen and oxygen atoms in total. The molecule has 0 amide bonds. The quantitative estimate of drug-likeness (QED) is 0.764. The van der Waals surface area contributed by atoms with Crippen LogP contribution in [-0.4, -0.2) is 24.6 Å². The number of hydrogen-bond acceptors (Lipinski definition) is 4. The van der Waals surface area contributed by atoms with Gasteiger partial charge in [-0.1, -0.05) is 13.8 Å². The van der Waals surface area contributed by atoms with Crippen LogP contribution >= 0.6 is 0 Å². The van der Waals surface area contributed by atoms with Crippen molar-refractivity contribution in [2.24, 2.45) is 11.8 Å². The third-order valence-electron chi connectivity index (χ3n) is 4.65. The highest BCUT2D eigenvalue weighted by atomic mass is 19.1. The number of aromatic nitrogens is 5. The van der Waals surface area contributed by atoms with Crippen LogP contribution < -0.4 is 11.2 Å². The molecule has 0 bridgehead atoms. The van der Waals surface area contributed by atoms with Crippen LogP contribution in [0, 0.1) is 17.8 Å². The molecular formula is C16H16FN5O2. The van der Waals surface area contributed by atoms with E-state index in [4.69, 9.17) is 0 Å². The number of halogens is 1. The van der Waals surface area contributed by atoms with Gasteiger partial charge in [-0.05, 0) is 30.2 Å². The van der Waals surface area contributed by atoms with Gasteiger partial charge in [0.1, 0.15) is 0 Å². The summed E-state index contributed by atoms with van der Waals surface area (Å²) in [7, 11) is 0. The largest absolute Gasteiger partial charge is 0.325 e. The average molecular weight is 329 g/mol. The van der Waals surface area contributed by atoms with E-state index in [1.807, 2.05) is 0 Å². The van der Waals surface area contributed by atoms with Crippen molar-refractivity contribution in [2.75, 3.05) is 0 Å². The predicted molar refractivity (Wildman–Crippen MR) is 85.3 cm³/mol. The molecule has 1 fully saturated rings. The third kappa shape index (κ3) is 2.26. The van der Waals surface area contributed by atoms with Gasteiger partial charge in [0.15, 0.2) is 5.65 Å². The smallest absolute Gasteiger partial charge is 0.313 e. The first kappa shape index (κ1) is 14.8. The molecule has 3 heterocycles. The van der Waals surface area contributed by atoms with Crippen LogP contribution in [0.15, 0.2) is 28.0 Å². The van der Waals surface area contributed by atoms with Crippen LogP contribution in [-0.2, 0) is 0 Å². The molecule has 0 saturated heterocycles. The van der Waals surface area contributed by atoms with E-state index in [9.17, 15) is 14.0 Å². The minimum Gasteiger partial charge on any atom is -0.313 e. The predicted octanol–water partition coefficient (Wildman–Crippen LogP) is 1.67. The molecule has 1 aliphatic carbocycles. The maximum absolute atomic E-state index is 14.0. The van der Waals surface area contributed by atoms with E-state index in [1.54, 1.807) is 6.07 Å². The number of rotatable bonds is 3. The fraction of sp³-hybridized carbons (Fsp3) is 0.375. The molecule has 2 N–H and O–H groups in total. The molecule has 4 rings (SSSR count). The van der Waals surface area contributed by atoms with E-state index < -0.39 is 17.2 Å². The van der Waals surface area contributed by atoms with Crippen LogP contribution in [0.2, 0.25) is 0 Å². The van der Waals surface area contributed by atoms with Gasteiger partial charge in [-0.2, -0.15) is 14.0 Å². The lowest BCUT2D eigenvalue weighted by molar-refractivity contribution is 0.542. The second-order valence-corrected chi connectivity index (χ2v) is 6.54. The second kappa shape index (κ2) is 5.12. The molecule has 0 aromatic carbocycles. The Kier molecular flexibility index (Phi) is 3.16. The molecule has 1 aliphatic rings. The third-order valence-corrected chi connectivity index (χ3v) is 4.65. The number of fused-ring (bicyclic) bond motifs is 1. The van der Waals surface area contributed by atoms with E-state index in [0.29, 0.717) is 23.2 Å². The van der Waals surface area contributed by atoms with Crippen molar-refractivity contribution in [2.45, 2.75) is 26.2 Å². The Balaban J connectivity index is 1.93. The van der Waals surface area contributed by atoms with Gasteiger partial charge in [0.05, 0.1) is 17.5 Å². The Morgan fingerprint density at radius 3 is 2.83 bits per heavy atom. The van der Waals surface area contributed by atoms with Crippen LogP contribution in [0.5, 0.6) is 0 Å². The van der Waals surface area contributed by atoms with Gasteiger partial charge in [-0.15, -0.1) is 0 Å². The van der Waals surface area contributed by atoms with Crippen molar-refractivity contribution in [1.82, 2.24) is 24.6 Å². The Bertz CT molecular complexity index is 1050. The summed E-state index contributed by atoms with van der Waals surface area (Å²) in [4.78, 5) is 31.9. The Hall–Kier alpha value is -2.77. The summed E-state index contributed by atoms with van der Waals surface area (Å²) < 4.78 is 15.1. The van der Waals surface area contributed by atoms with E-state index >= 15 is 0 Å². The van der Waals surface area contributed by atoms with Crippen LogP contribution in [0.1, 0.15) is 31.7 Å².